The van der Waals surface area contributed by atoms with Crippen LogP contribution in [0.25, 0.3) is 10.1 Å². The molecule has 3 heteroatoms. The monoisotopic (exact) mass is 250 g/mol. The smallest absolute Gasteiger partial charge is 0.0814 e. The van der Waals surface area contributed by atoms with E-state index in [-0.39, 0.29) is 6.10 Å². The molecule has 92 valence electrons. The molecule has 0 spiro atoms. The molecule has 0 saturated carbocycles. The fourth-order valence-corrected chi connectivity index (χ4v) is 2.78. The maximum atomic E-state index is 9.91. The van der Waals surface area contributed by atoms with Gasteiger partial charge in [0.2, 0.25) is 0 Å². The van der Waals surface area contributed by atoms with Crippen LogP contribution in [0.3, 0.4) is 0 Å². The normalized spacial score (nSPS) is 13.4. The molecule has 1 N–H and O–H groups in total. The molecule has 0 radical (unpaired) electrons. The summed E-state index contributed by atoms with van der Waals surface area (Å²) < 4.78 is 6.70. The van der Waals surface area contributed by atoms with Crippen LogP contribution >= 0.6 is 11.3 Å². The van der Waals surface area contributed by atoms with Crippen molar-refractivity contribution in [3.8, 4) is 0 Å². The first-order chi connectivity index (χ1) is 8.16. The molecule has 1 unspecified atom stereocenters. The molecule has 1 heterocycles. The van der Waals surface area contributed by atoms with Gasteiger partial charge in [-0.1, -0.05) is 18.2 Å². The summed E-state index contributed by atoms with van der Waals surface area (Å²) in [5, 5.41) is 13.3. The lowest BCUT2D eigenvalue weighted by Crippen LogP contribution is -2.20. The highest BCUT2D eigenvalue weighted by molar-refractivity contribution is 7.17. The van der Waals surface area contributed by atoms with E-state index in [1.54, 1.807) is 11.3 Å². The van der Waals surface area contributed by atoms with E-state index in [4.69, 9.17) is 4.74 Å². The van der Waals surface area contributed by atoms with Crippen molar-refractivity contribution in [2.24, 2.45) is 0 Å². The Morgan fingerprint density at radius 1 is 1.29 bits per heavy atom. The Hall–Kier alpha value is -0.900. The molecule has 2 nitrogen and oxygen atoms in total. The summed E-state index contributed by atoms with van der Waals surface area (Å²) >= 11 is 1.73. The lowest BCUT2D eigenvalue weighted by molar-refractivity contribution is 0.00636. The van der Waals surface area contributed by atoms with Crippen molar-refractivity contribution in [1.29, 1.82) is 0 Å². The van der Waals surface area contributed by atoms with Gasteiger partial charge >= 0.3 is 0 Å². The Labute approximate surface area is 106 Å². The second-order valence-corrected chi connectivity index (χ2v) is 5.41. The number of ether oxygens (including phenoxy) is 1. The van der Waals surface area contributed by atoms with Crippen molar-refractivity contribution >= 4 is 21.4 Å². The number of rotatable bonds is 5. The number of aliphatic hydroxyl groups excluding tert-OH is 1. The second-order valence-electron chi connectivity index (χ2n) is 4.50. The van der Waals surface area contributed by atoms with E-state index < -0.39 is 6.10 Å². The summed E-state index contributed by atoms with van der Waals surface area (Å²) in [4.78, 5) is 0. The van der Waals surface area contributed by atoms with Crippen LogP contribution in [0.5, 0.6) is 0 Å². The van der Waals surface area contributed by atoms with E-state index in [9.17, 15) is 5.11 Å². The van der Waals surface area contributed by atoms with E-state index in [2.05, 4.69) is 17.5 Å². The molecule has 0 bridgehead atoms. The van der Waals surface area contributed by atoms with Crippen LogP contribution in [0.2, 0.25) is 0 Å². The fraction of sp³-hybridized carbons (Fsp3) is 0.429. The van der Waals surface area contributed by atoms with Crippen LogP contribution in [0, 0.1) is 0 Å². The quantitative estimate of drug-likeness (QED) is 0.883. The molecule has 2 rings (SSSR count). The van der Waals surface area contributed by atoms with Crippen molar-refractivity contribution < 1.29 is 9.84 Å². The highest BCUT2D eigenvalue weighted by Crippen LogP contribution is 2.26. The lowest BCUT2D eigenvalue weighted by Gasteiger charge is -2.13. The first kappa shape index (κ1) is 12.6. The van der Waals surface area contributed by atoms with Gasteiger partial charge in [-0.25, -0.2) is 0 Å². The Kier molecular flexibility index (Phi) is 4.15. The number of hydrogen-bond donors (Lipinski definition) is 1. The maximum absolute atomic E-state index is 9.91. The largest absolute Gasteiger partial charge is 0.390 e. The molecule has 2 aromatic rings. The van der Waals surface area contributed by atoms with Crippen LogP contribution in [0.15, 0.2) is 29.6 Å². The Balaban J connectivity index is 2.03. The van der Waals surface area contributed by atoms with Gasteiger partial charge in [0.25, 0.3) is 0 Å². The van der Waals surface area contributed by atoms with Crippen molar-refractivity contribution in [1.82, 2.24) is 0 Å². The molecule has 0 aliphatic carbocycles. The third kappa shape index (κ3) is 3.28. The van der Waals surface area contributed by atoms with Gasteiger partial charge in [-0.2, -0.15) is 0 Å². The molecule has 1 aromatic heterocycles. The SMILES string of the molecule is CC(C)OCC(O)Cc1csc2ccccc12. The zero-order valence-corrected chi connectivity index (χ0v) is 11.0. The van der Waals surface area contributed by atoms with Gasteiger partial charge in [-0.05, 0) is 36.2 Å². The van der Waals surface area contributed by atoms with Crippen molar-refractivity contribution in [2.75, 3.05) is 6.61 Å². The molecule has 1 aromatic carbocycles. The summed E-state index contributed by atoms with van der Waals surface area (Å²) in [5.41, 5.74) is 1.21. The highest BCUT2D eigenvalue weighted by atomic mass is 32.1. The molecule has 1 atom stereocenters. The first-order valence-corrected chi connectivity index (χ1v) is 6.79. The zero-order valence-electron chi connectivity index (χ0n) is 10.2. The van der Waals surface area contributed by atoms with E-state index in [1.807, 2.05) is 26.0 Å². The second kappa shape index (κ2) is 5.63. The molecular weight excluding hydrogens is 232 g/mol. The predicted molar refractivity (Wildman–Crippen MR) is 72.6 cm³/mol. The van der Waals surface area contributed by atoms with Gasteiger partial charge in [0, 0.05) is 11.1 Å². The van der Waals surface area contributed by atoms with Gasteiger partial charge in [0.1, 0.15) is 0 Å². The third-order valence-electron chi connectivity index (χ3n) is 2.64. The third-order valence-corrected chi connectivity index (χ3v) is 3.65. The van der Waals surface area contributed by atoms with Crippen LogP contribution in [0.1, 0.15) is 19.4 Å². The minimum Gasteiger partial charge on any atom is -0.390 e. The summed E-state index contributed by atoms with van der Waals surface area (Å²) in [6.45, 7) is 4.36. The predicted octanol–water partition coefficient (Wildman–Crippen LogP) is 3.23. The minimum atomic E-state index is -0.421. The molecule has 0 amide bonds. The molecular formula is C14H18O2S. The van der Waals surface area contributed by atoms with Crippen LogP contribution in [-0.4, -0.2) is 23.9 Å². The number of thiophene rings is 1. The molecule has 0 fully saturated rings. The van der Waals surface area contributed by atoms with Crippen LogP contribution in [0.4, 0.5) is 0 Å². The summed E-state index contributed by atoms with van der Waals surface area (Å²) in [7, 11) is 0. The first-order valence-electron chi connectivity index (χ1n) is 5.91. The summed E-state index contributed by atoms with van der Waals surface area (Å²) in [6.07, 6.45) is 0.413. The van der Waals surface area contributed by atoms with E-state index in [0.29, 0.717) is 13.0 Å². The van der Waals surface area contributed by atoms with Gasteiger partial charge in [0.05, 0.1) is 18.8 Å². The topological polar surface area (TPSA) is 29.5 Å². The Morgan fingerprint density at radius 2 is 2.06 bits per heavy atom. The highest BCUT2D eigenvalue weighted by Gasteiger charge is 2.10. The molecule has 0 aliphatic heterocycles. The van der Waals surface area contributed by atoms with Gasteiger partial charge in [0.15, 0.2) is 0 Å². The van der Waals surface area contributed by atoms with Crippen molar-refractivity contribution in [2.45, 2.75) is 32.5 Å². The van der Waals surface area contributed by atoms with Crippen molar-refractivity contribution in [3.05, 3.63) is 35.2 Å². The summed E-state index contributed by atoms with van der Waals surface area (Å²) in [6, 6.07) is 8.30. The van der Waals surface area contributed by atoms with Crippen LogP contribution in [-0.2, 0) is 11.2 Å². The molecule has 0 aliphatic rings. The number of benzene rings is 1. The Bertz CT molecular complexity index is 476. The average molecular weight is 250 g/mol. The molecule has 17 heavy (non-hydrogen) atoms. The number of hydrogen-bond acceptors (Lipinski definition) is 3. The van der Waals surface area contributed by atoms with Crippen LogP contribution < -0.4 is 0 Å². The number of fused-ring (bicyclic) bond motifs is 1. The lowest BCUT2D eigenvalue weighted by atomic mass is 10.1. The maximum Gasteiger partial charge on any atom is 0.0814 e. The van der Waals surface area contributed by atoms with Gasteiger partial charge < -0.3 is 9.84 Å². The van der Waals surface area contributed by atoms with Gasteiger partial charge in [-0.3, -0.25) is 0 Å². The van der Waals surface area contributed by atoms with E-state index >= 15 is 0 Å². The minimum absolute atomic E-state index is 0.170. The standard InChI is InChI=1S/C14H18O2S/c1-10(2)16-8-12(15)7-11-9-17-14-6-4-3-5-13(11)14/h3-6,9-10,12,15H,7-8H2,1-2H3. The number of aliphatic hydroxyl groups is 1. The van der Waals surface area contributed by atoms with Gasteiger partial charge in [-0.15, -0.1) is 11.3 Å². The average Bonchev–Trinajstić information content (AvgIpc) is 2.70. The fourth-order valence-electron chi connectivity index (χ4n) is 1.81. The van der Waals surface area contributed by atoms with Crippen molar-refractivity contribution in [3.63, 3.8) is 0 Å². The molecule has 0 saturated heterocycles. The summed E-state index contributed by atoms with van der Waals surface area (Å²) in [5.74, 6) is 0. The zero-order chi connectivity index (χ0) is 12.3. The van der Waals surface area contributed by atoms with E-state index in [0.717, 1.165) is 0 Å². The Morgan fingerprint density at radius 3 is 2.82 bits per heavy atom. The van der Waals surface area contributed by atoms with E-state index in [1.165, 1.54) is 15.6 Å².